The summed E-state index contributed by atoms with van der Waals surface area (Å²) in [5.41, 5.74) is 1.56. The van der Waals surface area contributed by atoms with E-state index < -0.39 is 5.97 Å². The minimum Gasteiger partial charge on any atom is -0.478 e. The summed E-state index contributed by atoms with van der Waals surface area (Å²) in [6.07, 6.45) is 0.0222. The number of nitriles is 1. The lowest BCUT2D eigenvalue weighted by atomic mass is 9.98. The number of hydrogen-bond donors (Lipinski definition) is 1. The number of carbonyl (C=O) groups excluding carboxylic acids is 1. The summed E-state index contributed by atoms with van der Waals surface area (Å²) in [7, 11) is 0. The van der Waals surface area contributed by atoms with Gasteiger partial charge in [-0.1, -0.05) is 30.3 Å². The number of carbonyl (C=O) groups is 2. The number of aromatic carboxylic acids is 1. The first kappa shape index (κ1) is 13.5. The van der Waals surface area contributed by atoms with Crippen LogP contribution in [0.4, 0.5) is 0 Å². The van der Waals surface area contributed by atoms with Crippen molar-refractivity contribution >= 4 is 11.8 Å². The fourth-order valence-electron chi connectivity index (χ4n) is 1.89. The number of Topliss-reactive ketones (excluding diaryl/α,β-unsaturated/α-hetero) is 1. The number of rotatable bonds is 4. The molecule has 2 aromatic rings. The average molecular weight is 265 g/mol. The van der Waals surface area contributed by atoms with Crippen molar-refractivity contribution < 1.29 is 14.7 Å². The monoisotopic (exact) mass is 265 g/mol. The molecule has 2 rings (SSSR count). The largest absolute Gasteiger partial charge is 0.478 e. The molecular formula is C16H11NO3. The van der Waals surface area contributed by atoms with Crippen molar-refractivity contribution in [3.63, 3.8) is 0 Å². The first-order valence-corrected chi connectivity index (χ1v) is 5.96. The van der Waals surface area contributed by atoms with E-state index >= 15 is 0 Å². The van der Waals surface area contributed by atoms with Gasteiger partial charge in [0.15, 0.2) is 5.78 Å². The summed E-state index contributed by atoms with van der Waals surface area (Å²) in [5, 5.41) is 17.8. The number of carboxylic acid groups (broad SMARTS) is 1. The van der Waals surface area contributed by atoms with Crippen molar-refractivity contribution in [2.24, 2.45) is 0 Å². The second-order valence-corrected chi connectivity index (χ2v) is 4.25. The Morgan fingerprint density at radius 1 is 1.05 bits per heavy atom. The number of nitrogens with zero attached hydrogens (tertiary/aromatic N) is 1. The van der Waals surface area contributed by atoms with E-state index in [2.05, 4.69) is 0 Å². The van der Waals surface area contributed by atoms with Gasteiger partial charge in [0.2, 0.25) is 0 Å². The van der Waals surface area contributed by atoms with Crippen LogP contribution in [0.1, 0.15) is 31.8 Å². The molecule has 0 aromatic heterocycles. The summed E-state index contributed by atoms with van der Waals surface area (Å²) in [5.74, 6) is -1.23. The van der Waals surface area contributed by atoms with Gasteiger partial charge in [0.05, 0.1) is 17.2 Å². The average Bonchev–Trinajstić information content (AvgIpc) is 2.47. The molecule has 0 aliphatic rings. The van der Waals surface area contributed by atoms with Crippen molar-refractivity contribution in [1.82, 2.24) is 0 Å². The Morgan fingerprint density at radius 3 is 2.30 bits per heavy atom. The van der Waals surface area contributed by atoms with E-state index in [9.17, 15) is 9.59 Å². The zero-order chi connectivity index (χ0) is 14.5. The van der Waals surface area contributed by atoms with Crippen LogP contribution in [-0.4, -0.2) is 16.9 Å². The molecule has 20 heavy (non-hydrogen) atoms. The van der Waals surface area contributed by atoms with Gasteiger partial charge < -0.3 is 5.11 Å². The van der Waals surface area contributed by atoms with Crippen LogP contribution >= 0.6 is 0 Å². The summed E-state index contributed by atoms with van der Waals surface area (Å²) < 4.78 is 0. The van der Waals surface area contributed by atoms with Crippen molar-refractivity contribution in [3.05, 3.63) is 70.8 Å². The molecule has 0 bridgehead atoms. The number of carboxylic acids is 1. The highest BCUT2D eigenvalue weighted by molar-refractivity contribution is 5.99. The molecule has 0 heterocycles. The van der Waals surface area contributed by atoms with Crippen LogP contribution in [0.15, 0.2) is 48.5 Å². The summed E-state index contributed by atoms with van der Waals surface area (Å²) in [4.78, 5) is 23.2. The van der Waals surface area contributed by atoms with E-state index in [-0.39, 0.29) is 17.8 Å². The molecule has 98 valence electrons. The molecule has 2 aromatic carbocycles. The third kappa shape index (κ3) is 2.90. The van der Waals surface area contributed by atoms with Gasteiger partial charge in [-0.2, -0.15) is 5.26 Å². The van der Waals surface area contributed by atoms with Crippen LogP contribution in [0.5, 0.6) is 0 Å². The normalized spacial score (nSPS) is 9.75. The minimum absolute atomic E-state index is 0.0222. The molecule has 0 unspecified atom stereocenters. The second-order valence-electron chi connectivity index (χ2n) is 4.25. The lowest BCUT2D eigenvalue weighted by Gasteiger charge is -2.05. The topological polar surface area (TPSA) is 78.2 Å². The molecule has 0 amide bonds. The second kappa shape index (κ2) is 5.81. The van der Waals surface area contributed by atoms with Crippen molar-refractivity contribution in [1.29, 1.82) is 5.26 Å². The van der Waals surface area contributed by atoms with Crippen LogP contribution in [0.3, 0.4) is 0 Å². The van der Waals surface area contributed by atoms with Crippen LogP contribution in [0.25, 0.3) is 0 Å². The van der Waals surface area contributed by atoms with E-state index in [1.165, 1.54) is 6.07 Å². The maximum absolute atomic E-state index is 12.1. The third-order valence-electron chi connectivity index (χ3n) is 2.93. The molecule has 0 aliphatic heterocycles. The molecule has 0 saturated carbocycles. The van der Waals surface area contributed by atoms with Crippen LogP contribution in [0, 0.1) is 11.3 Å². The Labute approximate surface area is 115 Å². The van der Waals surface area contributed by atoms with Gasteiger partial charge in [-0.25, -0.2) is 4.79 Å². The van der Waals surface area contributed by atoms with Gasteiger partial charge in [0.25, 0.3) is 0 Å². The van der Waals surface area contributed by atoms with Gasteiger partial charge in [-0.15, -0.1) is 0 Å². The Bertz CT molecular complexity index is 696. The van der Waals surface area contributed by atoms with Gasteiger partial charge in [-0.3, -0.25) is 4.79 Å². The van der Waals surface area contributed by atoms with Crippen LogP contribution in [-0.2, 0) is 6.42 Å². The summed E-state index contributed by atoms with van der Waals surface area (Å²) >= 11 is 0. The molecule has 0 radical (unpaired) electrons. The number of ketones is 1. The smallest absolute Gasteiger partial charge is 0.335 e. The molecule has 0 spiro atoms. The Kier molecular flexibility index (Phi) is 3.92. The van der Waals surface area contributed by atoms with Crippen molar-refractivity contribution in [2.45, 2.75) is 6.42 Å². The van der Waals surface area contributed by atoms with Crippen LogP contribution < -0.4 is 0 Å². The third-order valence-corrected chi connectivity index (χ3v) is 2.93. The van der Waals surface area contributed by atoms with Crippen LogP contribution in [0.2, 0.25) is 0 Å². The first-order valence-electron chi connectivity index (χ1n) is 5.96. The van der Waals surface area contributed by atoms with E-state index in [1.54, 1.807) is 42.5 Å². The van der Waals surface area contributed by atoms with Gasteiger partial charge in [0.1, 0.15) is 0 Å². The van der Waals surface area contributed by atoms with Gasteiger partial charge in [0, 0.05) is 12.0 Å². The quantitative estimate of drug-likeness (QED) is 0.862. The van der Waals surface area contributed by atoms with E-state index in [1.807, 2.05) is 6.07 Å². The standard InChI is InChI=1S/C16H11NO3/c17-10-11-5-7-12(8-6-11)15(18)9-13-3-1-2-4-14(13)16(19)20/h1-8H,9H2,(H,19,20). The lowest BCUT2D eigenvalue weighted by molar-refractivity contribution is 0.0696. The van der Waals surface area contributed by atoms with Crippen molar-refractivity contribution in [3.8, 4) is 6.07 Å². The maximum Gasteiger partial charge on any atom is 0.335 e. The molecule has 1 N–H and O–H groups in total. The molecule has 0 saturated heterocycles. The van der Waals surface area contributed by atoms with E-state index in [4.69, 9.17) is 10.4 Å². The Balaban J connectivity index is 2.23. The molecule has 4 heteroatoms. The zero-order valence-corrected chi connectivity index (χ0v) is 10.5. The molecular weight excluding hydrogens is 254 g/mol. The predicted octanol–water partition coefficient (Wildman–Crippen LogP) is 2.68. The van der Waals surface area contributed by atoms with E-state index in [0.717, 1.165) is 0 Å². The highest BCUT2D eigenvalue weighted by Crippen LogP contribution is 2.13. The highest BCUT2D eigenvalue weighted by atomic mass is 16.4. The fraction of sp³-hybridized carbons (Fsp3) is 0.0625. The van der Waals surface area contributed by atoms with Crippen molar-refractivity contribution in [2.75, 3.05) is 0 Å². The number of hydrogen-bond acceptors (Lipinski definition) is 3. The summed E-state index contributed by atoms with van der Waals surface area (Å²) in [6.45, 7) is 0. The molecule has 0 aliphatic carbocycles. The Morgan fingerprint density at radius 2 is 1.70 bits per heavy atom. The fourth-order valence-corrected chi connectivity index (χ4v) is 1.89. The molecule has 4 nitrogen and oxygen atoms in total. The van der Waals surface area contributed by atoms with Gasteiger partial charge >= 0.3 is 5.97 Å². The molecule has 0 atom stereocenters. The first-order chi connectivity index (χ1) is 9.61. The highest BCUT2D eigenvalue weighted by Gasteiger charge is 2.13. The lowest BCUT2D eigenvalue weighted by Crippen LogP contribution is -2.08. The summed E-state index contributed by atoms with van der Waals surface area (Å²) in [6, 6.07) is 14.7. The van der Waals surface area contributed by atoms with E-state index in [0.29, 0.717) is 16.7 Å². The predicted molar refractivity (Wildman–Crippen MR) is 72.6 cm³/mol. The maximum atomic E-state index is 12.1. The van der Waals surface area contributed by atoms with Gasteiger partial charge in [-0.05, 0) is 23.8 Å². The number of benzene rings is 2. The Hall–Kier alpha value is -2.93. The zero-order valence-electron chi connectivity index (χ0n) is 10.5. The SMILES string of the molecule is N#Cc1ccc(C(=O)Cc2ccccc2C(=O)O)cc1. The minimum atomic E-state index is -1.05. The molecule has 0 fully saturated rings.